The highest BCUT2D eigenvalue weighted by Gasteiger charge is 2.16. The third kappa shape index (κ3) is 6.10. The van der Waals surface area contributed by atoms with Crippen LogP contribution < -0.4 is 10.5 Å². The van der Waals surface area contributed by atoms with Crippen LogP contribution in [0.3, 0.4) is 0 Å². The molecule has 5 nitrogen and oxygen atoms in total. The lowest BCUT2D eigenvalue weighted by molar-refractivity contribution is 0.0750. The van der Waals surface area contributed by atoms with Crippen LogP contribution in [0.1, 0.15) is 16.8 Å². The summed E-state index contributed by atoms with van der Waals surface area (Å²) in [4.78, 5) is 16.8. The second kappa shape index (κ2) is 8.59. The Kier molecular flexibility index (Phi) is 7.11. The van der Waals surface area contributed by atoms with Crippen molar-refractivity contribution in [1.82, 2.24) is 9.80 Å². The Balaban J connectivity index is 2.78. The first-order valence-electron chi connectivity index (χ1n) is 6.80. The van der Waals surface area contributed by atoms with Crippen LogP contribution in [0, 0.1) is 0 Å². The highest BCUT2D eigenvalue weighted by atomic mass is 32.1. The van der Waals surface area contributed by atoms with Crippen molar-refractivity contribution in [3.05, 3.63) is 29.8 Å². The van der Waals surface area contributed by atoms with Crippen molar-refractivity contribution in [2.45, 2.75) is 6.42 Å². The fraction of sp³-hybridized carbons (Fsp3) is 0.467. The van der Waals surface area contributed by atoms with Gasteiger partial charge in [-0.2, -0.15) is 0 Å². The molecule has 0 bridgehead atoms. The summed E-state index contributed by atoms with van der Waals surface area (Å²) in [6.07, 6.45) is 0.532. The van der Waals surface area contributed by atoms with E-state index >= 15 is 0 Å². The van der Waals surface area contributed by atoms with Gasteiger partial charge in [0.05, 0.1) is 12.1 Å². The van der Waals surface area contributed by atoms with E-state index in [4.69, 9.17) is 22.7 Å². The van der Waals surface area contributed by atoms with Crippen molar-refractivity contribution in [1.29, 1.82) is 0 Å². The molecular formula is C15H23N3O2S. The number of nitrogens with two attached hydrogens (primary N) is 1. The maximum atomic E-state index is 12.6. The van der Waals surface area contributed by atoms with Gasteiger partial charge in [0, 0.05) is 31.6 Å². The second-order valence-corrected chi connectivity index (χ2v) is 5.56. The van der Waals surface area contributed by atoms with Crippen LogP contribution >= 0.6 is 12.2 Å². The SMILES string of the molecule is COc1ccc(C(=O)N(CCC(N)=S)CCN(C)C)cc1. The zero-order valence-corrected chi connectivity index (χ0v) is 13.7. The number of carbonyl (C=O) groups is 1. The van der Waals surface area contributed by atoms with Crippen LogP contribution in [0.25, 0.3) is 0 Å². The van der Waals surface area contributed by atoms with E-state index in [1.807, 2.05) is 19.0 Å². The minimum Gasteiger partial charge on any atom is -0.497 e. The molecule has 0 unspecified atom stereocenters. The zero-order chi connectivity index (χ0) is 15.8. The molecule has 0 aliphatic heterocycles. The molecule has 116 valence electrons. The van der Waals surface area contributed by atoms with Gasteiger partial charge < -0.3 is 20.3 Å². The zero-order valence-electron chi connectivity index (χ0n) is 12.8. The number of thiocarbonyl (C=S) groups is 1. The fourth-order valence-corrected chi connectivity index (χ4v) is 1.89. The summed E-state index contributed by atoms with van der Waals surface area (Å²) in [7, 11) is 5.55. The average molecular weight is 309 g/mol. The van der Waals surface area contributed by atoms with Crippen molar-refractivity contribution < 1.29 is 9.53 Å². The molecule has 0 radical (unpaired) electrons. The summed E-state index contributed by atoms with van der Waals surface area (Å²) < 4.78 is 5.10. The van der Waals surface area contributed by atoms with E-state index in [9.17, 15) is 4.79 Å². The first-order chi connectivity index (χ1) is 9.93. The third-order valence-electron chi connectivity index (χ3n) is 3.07. The second-order valence-electron chi connectivity index (χ2n) is 5.04. The lowest BCUT2D eigenvalue weighted by Crippen LogP contribution is -2.38. The highest BCUT2D eigenvalue weighted by Crippen LogP contribution is 2.13. The molecule has 6 heteroatoms. The molecule has 0 aliphatic carbocycles. The molecule has 1 rings (SSSR count). The molecule has 0 aliphatic rings. The van der Waals surface area contributed by atoms with Crippen LogP contribution in [0.4, 0.5) is 0 Å². The van der Waals surface area contributed by atoms with Gasteiger partial charge in [-0.05, 0) is 38.4 Å². The number of hydrogen-bond donors (Lipinski definition) is 1. The van der Waals surface area contributed by atoms with Gasteiger partial charge in [0.15, 0.2) is 0 Å². The van der Waals surface area contributed by atoms with E-state index in [-0.39, 0.29) is 5.91 Å². The smallest absolute Gasteiger partial charge is 0.253 e. The van der Waals surface area contributed by atoms with Crippen molar-refractivity contribution in [2.24, 2.45) is 5.73 Å². The molecule has 1 aromatic carbocycles. The summed E-state index contributed by atoms with van der Waals surface area (Å²) in [5.74, 6) is 0.713. The molecule has 0 aromatic heterocycles. The molecule has 1 aromatic rings. The van der Waals surface area contributed by atoms with Gasteiger partial charge >= 0.3 is 0 Å². The van der Waals surface area contributed by atoms with E-state index in [2.05, 4.69) is 0 Å². The molecule has 1 amide bonds. The summed E-state index contributed by atoms with van der Waals surface area (Å²) in [6, 6.07) is 7.10. The molecule has 0 fully saturated rings. The van der Waals surface area contributed by atoms with Gasteiger partial charge in [0.1, 0.15) is 5.75 Å². The van der Waals surface area contributed by atoms with Crippen LogP contribution in [0.15, 0.2) is 24.3 Å². The van der Waals surface area contributed by atoms with Gasteiger partial charge in [-0.1, -0.05) is 12.2 Å². The molecule has 0 saturated heterocycles. The van der Waals surface area contributed by atoms with Crippen molar-refractivity contribution in [2.75, 3.05) is 40.8 Å². The van der Waals surface area contributed by atoms with E-state index in [1.165, 1.54) is 0 Å². The molecule has 0 atom stereocenters. The molecular weight excluding hydrogens is 286 g/mol. The predicted octanol–water partition coefficient (Wildman–Crippen LogP) is 1.38. The van der Waals surface area contributed by atoms with Crippen LogP contribution in [-0.2, 0) is 0 Å². The molecule has 21 heavy (non-hydrogen) atoms. The lowest BCUT2D eigenvalue weighted by Gasteiger charge is -2.24. The van der Waals surface area contributed by atoms with Crippen LogP contribution in [-0.4, -0.2) is 61.5 Å². The molecule has 0 saturated carbocycles. The number of carbonyl (C=O) groups excluding carboxylic acids is 1. The Labute approximate surface area is 131 Å². The van der Waals surface area contributed by atoms with Gasteiger partial charge in [-0.3, -0.25) is 4.79 Å². The summed E-state index contributed by atoms with van der Waals surface area (Å²) in [5.41, 5.74) is 6.18. The number of likely N-dealkylation sites (N-methyl/N-ethyl adjacent to an activating group) is 1. The topological polar surface area (TPSA) is 58.8 Å². The third-order valence-corrected chi connectivity index (χ3v) is 3.27. The standard InChI is InChI=1S/C15H23N3O2S/c1-17(2)10-11-18(9-8-14(16)21)15(19)12-4-6-13(20-3)7-5-12/h4-7H,8-11H2,1-3H3,(H2,16,21). The monoisotopic (exact) mass is 309 g/mol. The van der Waals surface area contributed by atoms with Gasteiger partial charge in [-0.15, -0.1) is 0 Å². The van der Waals surface area contributed by atoms with Crippen molar-refractivity contribution in [3.8, 4) is 5.75 Å². The maximum absolute atomic E-state index is 12.6. The Bertz CT molecular complexity index is 474. The maximum Gasteiger partial charge on any atom is 0.253 e. The fourth-order valence-electron chi connectivity index (χ4n) is 1.80. The molecule has 0 spiro atoms. The number of hydrogen-bond acceptors (Lipinski definition) is 4. The number of amides is 1. The minimum atomic E-state index is -0.0178. The lowest BCUT2D eigenvalue weighted by atomic mass is 10.2. The summed E-state index contributed by atoms with van der Waals surface area (Å²) in [6.45, 7) is 1.97. The predicted molar refractivity (Wildman–Crippen MR) is 88.9 cm³/mol. The first kappa shape index (κ1) is 17.4. The van der Waals surface area contributed by atoms with E-state index in [1.54, 1.807) is 36.3 Å². The van der Waals surface area contributed by atoms with Crippen molar-refractivity contribution in [3.63, 3.8) is 0 Å². The number of benzene rings is 1. The van der Waals surface area contributed by atoms with Crippen LogP contribution in [0.5, 0.6) is 5.75 Å². The Morgan fingerprint density at radius 1 is 1.19 bits per heavy atom. The summed E-state index contributed by atoms with van der Waals surface area (Å²) in [5, 5.41) is 0. The number of nitrogens with zero attached hydrogens (tertiary/aromatic N) is 2. The highest BCUT2D eigenvalue weighted by molar-refractivity contribution is 7.80. The Morgan fingerprint density at radius 2 is 1.81 bits per heavy atom. The van der Waals surface area contributed by atoms with Gasteiger partial charge in [0.2, 0.25) is 0 Å². The Morgan fingerprint density at radius 3 is 2.29 bits per heavy atom. The van der Waals surface area contributed by atoms with Crippen LogP contribution in [0.2, 0.25) is 0 Å². The number of methoxy groups -OCH3 is 1. The van der Waals surface area contributed by atoms with E-state index in [0.29, 0.717) is 30.1 Å². The number of ether oxygens (including phenoxy) is 1. The normalized spacial score (nSPS) is 10.5. The van der Waals surface area contributed by atoms with Gasteiger partial charge in [0.25, 0.3) is 5.91 Å². The minimum absolute atomic E-state index is 0.0178. The molecule has 2 N–H and O–H groups in total. The first-order valence-corrected chi connectivity index (χ1v) is 7.21. The van der Waals surface area contributed by atoms with E-state index in [0.717, 1.165) is 12.3 Å². The Hall–Kier alpha value is -1.66. The number of rotatable bonds is 8. The quantitative estimate of drug-likeness (QED) is 0.735. The van der Waals surface area contributed by atoms with Crippen molar-refractivity contribution >= 4 is 23.1 Å². The molecule has 0 heterocycles. The largest absolute Gasteiger partial charge is 0.497 e. The van der Waals surface area contributed by atoms with Gasteiger partial charge in [-0.25, -0.2) is 0 Å². The van der Waals surface area contributed by atoms with E-state index < -0.39 is 0 Å². The average Bonchev–Trinajstić information content (AvgIpc) is 2.46. The summed E-state index contributed by atoms with van der Waals surface area (Å²) >= 11 is 4.90.